The van der Waals surface area contributed by atoms with Gasteiger partial charge in [0.1, 0.15) is 5.75 Å². The van der Waals surface area contributed by atoms with Crippen molar-refractivity contribution in [3.63, 3.8) is 0 Å². The number of aromatic amines is 1. The second kappa shape index (κ2) is 7.98. The summed E-state index contributed by atoms with van der Waals surface area (Å²) >= 11 is 0. The van der Waals surface area contributed by atoms with Gasteiger partial charge in [-0.15, -0.1) is 0 Å². The lowest BCUT2D eigenvalue weighted by molar-refractivity contribution is 0.0730. The third-order valence-electron chi connectivity index (χ3n) is 4.97. The van der Waals surface area contributed by atoms with Gasteiger partial charge in [0, 0.05) is 35.2 Å². The Balaban J connectivity index is 1.45. The number of H-pyrrole nitrogens is 1. The van der Waals surface area contributed by atoms with Gasteiger partial charge < -0.3 is 14.5 Å². The number of ether oxygens (including phenoxy) is 2. The van der Waals surface area contributed by atoms with Crippen LogP contribution in [0.5, 0.6) is 5.75 Å². The first-order valence-electron chi connectivity index (χ1n) is 9.38. The van der Waals surface area contributed by atoms with Gasteiger partial charge in [-0.1, -0.05) is 18.2 Å². The number of hydrogen-bond donors (Lipinski definition) is 1. The summed E-state index contributed by atoms with van der Waals surface area (Å²) in [6, 6.07) is 13.8. The van der Waals surface area contributed by atoms with E-state index in [-0.39, 0.29) is 17.3 Å². The molecule has 0 spiro atoms. The van der Waals surface area contributed by atoms with Crippen LogP contribution in [0.1, 0.15) is 16.1 Å². The summed E-state index contributed by atoms with van der Waals surface area (Å²) < 4.78 is 37.5. The summed E-state index contributed by atoms with van der Waals surface area (Å²) in [5.74, 6) is 0.307. The van der Waals surface area contributed by atoms with Crippen LogP contribution in [-0.4, -0.2) is 56.4 Å². The molecule has 8 heteroatoms. The minimum Gasteiger partial charge on any atom is -0.485 e. The first kappa shape index (κ1) is 19.6. The van der Waals surface area contributed by atoms with E-state index in [4.69, 9.17) is 9.47 Å². The lowest BCUT2D eigenvalue weighted by atomic mass is 10.1. The highest BCUT2D eigenvalue weighted by atomic mass is 32.2. The summed E-state index contributed by atoms with van der Waals surface area (Å²) in [5, 5.41) is 0.866. The quantitative estimate of drug-likeness (QED) is 0.627. The summed E-state index contributed by atoms with van der Waals surface area (Å²) in [6.45, 7) is 3.22. The van der Waals surface area contributed by atoms with Gasteiger partial charge in [0.15, 0.2) is 6.61 Å². The molecular weight excluding hydrogens is 392 g/mol. The number of benzene rings is 2. The topological polar surface area (TPSA) is 88.7 Å². The average Bonchev–Trinajstić information content (AvgIpc) is 3.08. The van der Waals surface area contributed by atoms with Crippen LogP contribution >= 0.6 is 0 Å². The zero-order chi connectivity index (χ0) is 20.4. The Morgan fingerprint density at radius 2 is 1.79 bits per heavy atom. The van der Waals surface area contributed by atoms with E-state index in [0.717, 1.165) is 16.6 Å². The number of para-hydroxylation sites is 1. The van der Waals surface area contributed by atoms with Crippen LogP contribution in [0.25, 0.3) is 10.9 Å². The first-order valence-corrected chi connectivity index (χ1v) is 10.8. The maximum atomic E-state index is 12.7. The Bertz CT molecular complexity index is 1130. The molecule has 4 rings (SSSR count). The van der Waals surface area contributed by atoms with Crippen molar-refractivity contribution in [2.24, 2.45) is 0 Å². The van der Waals surface area contributed by atoms with Crippen LogP contribution in [0, 0.1) is 6.92 Å². The number of sulfonamides is 1. The number of aromatic nitrogens is 1. The number of ketones is 1. The number of rotatable bonds is 6. The van der Waals surface area contributed by atoms with E-state index in [2.05, 4.69) is 4.98 Å². The molecule has 29 heavy (non-hydrogen) atoms. The van der Waals surface area contributed by atoms with E-state index in [0.29, 0.717) is 37.6 Å². The Labute approximate surface area is 169 Å². The molecular formula is C21H22N2O5S. The molecule has 0 radical (unpaired) electrons. The lowest BCUT2D eigenvalue weighted by Crippen LogP contribution is -2.40. The van der Waals surface area contributed by atoms with Crippen molar-refractivity contribution in [1.82, 2.24) is 9.29 Å². The second-order valence-electron chi connectivity index (χ2n) is 6.87. The summed E-state index contributed by atoms with van der Waals surface area (Å²) in [6.07, 6.45) is 0. The number of nitrogens with zero attached hydrogens (tertiary/aromatic N) is 1. The van der Waals surface area contributed by atoms with E-state index < -0.39 is 10.0 Å². The molecule has 152 valence electrons. The third kappa shape index (κ3) is 3.91. The molecule has 2 heterocycles. The van der Waals surface area contributed by atoms with Gasteiger partial charge in [-0.2, -0.15) is 4.31 Å². The molecule has 0 bridgehead atoms. The van der Waals surface area contributed by atoms with Gasteiger partial charge in [-0.3, -0.25) is 4.79 Å². The van der Waals surface area contributed by atoms with Crippen molar-refractivity contribution >= 4 is 26.7 Å². The molecule has 0 amide bonds. The largest absolute Gasteiger partial charge is 0.485 e. The summed E-state index contributed by atoms with van der Waals surface area (Å²) in [4.78, 5) is 16.1. The number of nitrogens with one attached hydrogen (secondary N) is 1. The fourth-order valence-electron chi connectivity index (χ4n) is 3.50. The molecule has 1 N–H and O–H groups in total. The number of Topliss-reactive ketones (excluding diaryl/α,β-unsaturated/α-hetero) is 1. The number of aryl methyl sites for hydroxylation is 1. The molecule has 0 atom stereocenters. The van der Waals surface area contributed by atoms with Gasteiger partial charge in [0.05, 0.1) is 18.1 Å². The van der Waals surface area contributed by atoms with E-state index in [1.165, 1.54) is 16.4 Å². The lowest BCUT2D eigenvalue weighted by Gasteiger charge is -2.26. The number of morpholine rings is 1. The molecule has 7 nitrogen and oxygen atoms in total. The predicted molar refractivity (Wildman–Crippen MR) is 109 cm³/mol. The molecule has 1 aliphatic heterocycles. The van der Waals surface area contributed by atoms with Crippen molar-refractivity contribution < 1.29 is 22.7 Å². The molecule has 0 aliphatic carbocycles. The molecule has 0 saturated carbocycles. The summed E-state index contributed by atoms with van der Waals surface area (Å²) in [7, 11) is -3.55. The number of carbonyl (C=O) groups excluding carboxylic acids is 1. The predicted octanol–water partition coefficient (Wildman–Crippen LogP) is 2.76. The Morgan fingerprint density at radius 1 is 1.10 bits per heavy atom. The molecule has 1 fully saturated rings. The number of fused-ring (bicyclic) bond motifs is 1. The number of hydrogen-bond acceptors (Lipinski definition) is 5. The third-order valence-corrected chi connectivity index (χ3v) is 6.89. The van der Waals surface area contributed by atoms with Crippen LogP contribution in [0.4, 0.5) is 0 Å². The highest BCUT2D eigenvalue weighted by molar-refractivity contribution is 7.89. The van der Waals surface area contributed by atoms with Crippen molar-refractivity contribution in [3.8, 4) is 5.75 Å². The van der Waals surface area contributed by atoms with E-state index >= 15 is 0 Å². The Hall–Kier alpha value is -2.68. The van der Waals surface area contributed by atoms with Crippen molar-refractivity contribution in [2.45, 2.75) is 11.8 Å². The van der Waals surface area contributed by atoms with Crippen LogP contribution < -0.4 is 4.74 Å². The van der Waals surface area contributed by atoms with Gasteiger partial charge in [-0.25, -0.2) is 8.42 Å². The highest BCUT2D eigenvalue weighted by Gasteiger charge is 2.26. The van der Waals surface area contributed by atoms with Crippen molar-refractivity contribution in [3.05, 3.63) is 59.8 Å². The smallest absolute Gasteiger partial charge is 0.243 e. The van der Waals surface area contributed by atoms with Crippen LogP contribution in [0.2, 0.25) is 0 Å². The van der Waals surface area contributed by atoms with Crippen molar-refractivity contribution in [1.29, 1.82) is 0 Å². The minimum atomic E-state index is -3.55. The molecule has 1 saturated heterocycles. The maximum absolute atomic E-state index is 12.7. The van der Waals surface area contributed by atoms with E-state index in [1.54, 1.807) is 12.1 Å². The minimum absolute atomic E-state index is 0.127. The van der Waals surface area contributed by atoms with Gasteiger partial charge in [0.2, 0.25) is 15.8 Å². The van der Waals surface area contributed by atoms with Crippen LogP contribution in [-0.2, 0) is 14.8 Å². The Morgan fingerprint density at radius 3 is 2.52 bits per heavy atom. The molecule has 0 unspecified atom stereocenters. The normalized spacial score (nSPS) is 15.5. The van der Waals surface area contributed by atoms with E-state index in [1.807, 2.05) is 31.2 Å². The number of carbonyl (C=O) groups is 1. The van der Waals surface area contributed by atoms with Gasteiger partial charge in [0.25, 0.3) is 0 Å². The monoisotopic (exact) mass is 414 g/mol. The molecule has 3 aromatic rings. The fraction of sp³-hybridized carbons (Fsp3) is 0.286. The van der Waals surface area contributed by atoms with Gasteiger partial charge >= 0.3 is 0 Å². The van der Waals surface area contributed by atoms with Crippen molar-refractivity contribution in [2.75, 3.05) is 32.9 Å². The SMILES string of the molecule is Cc1[nH]c2ccccc2c1C(=O)COc1ccc(S(=O)(=O)N2CCOCC2)cc1. The second-order valence-corrected chi connectivity index (χ2v) is 8.81. The zero-order valence-electron chi connectivity index (χ0n) is 16.1. The Kier molecular flexibility index (Phi) is 5.40. The average molecular weight is 414 g/mol. The van der Waals surface area contributed by atoms with Crippen LogP contribution in [0.3, 0.4) is 0 Å². The molecule has 1 aromatic heterocycles. The summed E-state index contributed by atoms with van der Waals surface area (Å²) in [5.41, 5.74) is 2.32. The van der Waals surface area contributed by atoms with Gasteiger partial charge in [-0.05, 0) is 37.3 Å². The highest BCUT2D eigenvalue weighted by Crippen LogP contribution is 2.24. The first-order chi connectivity index (χ1) is 14.0. The molecule has 1 aliphatic rings. The zero-order valence-corrected chi connectivity index (χ0v) is 16.9. The fourth-order valence-corrected chi connectivity index (χ4v) is 4.91. The van der Waals surface area contributed by atoms with E-state index in [9.17, 15) is 13.2 Å². The molecule has 2 aromatic carbocycles. The standard InChI is InChI=1S/C21H22N2O5S/c1-15-21(18-4-2-3-5-19(18)22-15)20(24)14-28-16-6-8-17(9-7-16)29(25,26)23-10-12-27-13-11-23/h2-9,22H,10-14H2,1H3. The van der Waals surface area contributed by atoms with Crippen LogP contribution in [0.15, 0.2) is 53.4 Å². The maximum Gasteiger partial charge on any atom is 0.243 e.